The number of carboxylic acids is 1. The van der Waals surface area contributed by atoms with Crippen LogP contribution in [0.3, 0.4) is 0 Å². The summed E-state index contributed by atoms with van der Waals surface area (Å²) in [6.45, 7) is 0. The van der Waals surface area contributed by atoms with Gasteiger partial charge in [-0.15, -0.1) is 11.8 Å². The fourth-order valence-corrected chi connectivity index (χ4v) is 4.18. The summed E-state index contributed by atoms with van der Waals surface area (Å²) in [5.41, 5.74) is 2.30. The highest BCUT2D eigenvalue weighted by Gasteiger charge is 2.51. The molecule has 0 unspecified atom stereocenters. The SMILES string of the molecule is N#Cc1ccc(-c2ncccc2SC2(C(=O)O)CC2)c2ccccc12. The first-order valence-electron chi connectivity index (χ1n) is 7.94. The average molecular weight is 346 g/mol. The number of nitrogens with zero attached hydrogens (tertiary/aromatic N) is 2. The zero-order valence-electron chi connectivity index (χ0n) is 13.3. The first kappa shape index (κ1) is 15.7. The highest BCUT2D eigenvalue weighted by Crippen LogP contribution is 2.53. The van der Waals surface area contributed by atoms with Gasteiger partial charge >= 0.3 is 5.97 Å². The standard InChI is InChI=1S/C20H14N2O2S/c21-12-13-7-8-16(15-5-2-1-4-14(13)15)18-17(6-3-11-22-18)25-20(9-10-20)19(23)24/h1-8,11H,9-10H2,(H,23,24). The molecule has 3 aromatic rings. The smallest absolute Gasteiger partial charge is 0.320 e. The van der Waals surface area contributed by atoms with Crippen LogP contribution in [-0.2, 0) is 4.79 Å². The van der Waals surface area contributed by atoms with Gasteiger partial charge in [-0.1, -0.05) is 30.3 Å². The van der Waals surface area contributed by atoms with E-state index in [-0.39, 0.29) is 0 Å². The molecule has 1 saturated carbocycles. The zero-order chi connectivity index (χ0) is 17.4. The van der Waals surface area contributed by atoms with Crippen LogP contribution in [-0.4, -0.2) is 20.8 Å². The van der Waals surface area contributed by atoms with Crippen molar-refractivity contribution in [2.75, 3.05) is 0 Å². The number of carboxylic acid groups (broad SMARTS) is 1. The maximum Gasteiger partial charge on any atom is 0.320 e. The van der Waals surface area contributed by atoms with Crippen LogP contribution in [0, 0.1) is 11.3 Å². The average Bonchev–Trinajstić information content (AvgIpc) is 3.42. The molecule has 5 heteroatoms. The molecule has 4 nitrogen and oxygen atoms in total. The summed E-state index contributed by atoms with van der Waals surface area (Å²) in [4.78, 5) is 16.9. The lowest BCUT2D eigenvalue weighted by Gasteiger charge is -2.14. The second kappa shape index (κ2) is 5.91. The molecule has 0 spiro atoms. The maximum absolute atomic E-state index is 11.6. The van der Waals surface area contributed by atoms with Crippen molar-refractivity contribution in [3.05, 3.63) is 60.3 Å². The van der Waals surface area contributed by atoms with Crippen molar-refractivity contribution in [3.8, 4) is 17.3 Å². The van der Waals surface area contributed by atoms with Gasteiger partial charge in [0.1, 0.15) is 4.75 Å². The number of aliphatic carboxylic acids is 1. The maximum atomic E-state index is 11.6. The Morgan fingerprint density at radius 3 is 2.56 bits per heavy atom. The Bertz CT molecular complexity index is 1040. The third-order valence-electron chi connectivity index (χ3n) is 4.47. The molecule has 122 valence electrons. The van der Waals surface area contributed by atoms with Gasteiger partial charge in [0.2, 0.25) is 0 Å². The monoisotopic (exact) mass is 346 g/mol. The second-order valence-electron chi connectivity index (χ2n) is 6.07. The third-order valence-corrected chi connectivity index (χ3v) is 5.99. The quantitative estimate of drug-likeness (QED) is 0.754. The predicted molar refractivity (Wildman–Crippen MR) is 97.4 cm³/mol. The molecule has 0 aliphatic heterocycles. The lowest BCUT2D eigenvalue weighted by molar-refractivity contribution is -0.137. The largest absolute Gasteiger partial charge is 0.480 e. The molecule has 2 aromatic carbocycles. The van der Waals surface area contributed by atoms with Crippen molar-refractivity contribution in [1.82, 2.24) is 4.98 Å². The highest BCUT2D eigenvalue weighted by molar-refractivity contribution is 8.01. The molecule has 4 rings (SSSR count). The summed E-state index contributed by atoms with van der Waals surface area (Å²) >= 11 is 1.38. The number of nitriles is 1. The van der Waals surface area contributed by atoms with Gasteiger partial charge in [-0.05, 0) is 36.4 Å². The van der Waals surface area contributed by atoms with E-state index in [1.165, 1.54) is 11.8 Å². The normalized spacial score (nSPS) is 14.8. The summed E-state index contributed by atoms with van der Waals surface area (Å²) in [5, 5.41) is 20.7. The number of hydrogen-bond acceptors (Lipinski definition) is 4. The topological polar surface area (TPSA) is 74.0 Å². The third kappa shape index (κ3) is 2.65. The fourth-order valence-electron chi connectivity index (χ4n) is 2.96. The summed E-state index contributed by atoms with van der Waals surface area (Å²) in [5.74, 6) is -0.767. The lowest BCUT2D eigenvalue weighted by atomic mass is 9.98. The molecular weight excluding hydrogens is 332 g/mol. The molecule has 0 amide bonds. The highest BCUT2D eigenvalue weighted by atomic mass is 32.2. The molecule has 1 aliphatic rings. The Balaban J connectivity index is 1.88. The van der Waals surface area contributed by atoms with E-state index < -0.39 is 10.7 Å². The van der Waals surface area contributed by atoms with Crippen LogP contribution < -0.4 is 0 Å². The van der Waals surface area contributed by atoms with Crippen molar-refractivity contribution in [2.24, 2.45) is 0 Å². The van der Waals surface area contributed by atoms with Gasteiger partial charge in [0.25, 0.3) is 0 Å². The van der Waals surface area contributed by atoms with Crippen LogP contribution in [0.5, 0.6) is 0 Å². The van der Waals surface area contributed by atoms with Gasteiger partial charge in [-0.25, -0.2) is 0 Å². The zero-order valence-corrected chi connectivity index (χ0v) is 14.1. The van der Waals surface area contributed by atoms with Crippen molar-refractivity contribution in [2.45, 2.75) is 22.5 Å². The Kier molecular flexibility index (Phi) is 3.70. The van der Waals surface area contributed by atoms with Crippen LogP contribution in [0.25, 0.3) is 22.0 Å². The van der Waals surface area contributed by atoms with Crippen LogP contribution in [0.2, 0.25) is 0 Å². The minimum Gasteiger partial charge on any atom is -0.480 e. The molecule has 1 fully saturated rings. The van der Waals surface area contributed by atoms with E-state index in [1.54, 1.807) is 12.3 Å². The number of carbonyl (C=O) groups is 1. The fraction of sp³-hybridized carbons (Fsp3) is 0.150. The Labute approximate surface area is 149 Å². The number of hydrogen-bond donors (Lipinski definition) is 1. The predicted octanol–water partition coefficient (Wildman–Crippen LogP) is 4.48. The first-order chi connectivity index (χ1) is 12.1. The number of pyridine rings is 1. The molecular formula is C20H14N2O2S. The van der Waals surface area contributed by atoms with Gasteiger partial charge in [0, 0.05) is 22.0 Å². The molecule has 1 N–H and O–H groups in total. The Morgan fingerprint density at radius 1 is 1.12 bits per heavy atom. The molecule has 1 heterocycles. The number of thioether (sulfide) groups is 1. The van der Waals surface area contributed by atoms with Crippen LogP contribution in [0.4, 0.5) is 0 Å². The number of fused-ring (bicyclic) bond motifs is 1. The van der Waals surface area contributed by atoms with E-state index in [4.69, 9.17) is 0 Å². The van der Waals surface area contributed by atoms with Crippen molar-refractivity contribution >= 4 is 28.5 Å². The molecule has 1 aromatic heterocycles. The minimum absolute atomic E-state index is 0.619. The van der Waals surface area contributed by atoms with Gasteiger partial charge < -0.3 is 5.11 Å². The Hall–Kier alpha value is -2.84. The van der Waals surface area contributed by atoms with Crippen LogP contribution in [0.1, 0.15) is 18.4 Å². The van der Waals surface area contributed by atoms with E-state index in [0.717, 1.165) is 26.9 Å². The molecule has 25 heavy (non-hydrogen) atoms. The van der Waals surface area contributed by atoms with E-state index in [2.05, 4.69) is 11.1 Å². The Morgan fingerprint density at radius 2 is 1.88 bits per heavy atom. The number of rotatable bonds is 4. The summed E-state index contributed by atoms with van der Waals surface area (Å²) < 4.78 is -0.722. The number of benzene rings is 2. The molecule has 1 aliphatic carbocycles. The summed E-state index contributed by atoms with van der Waals surface area (Å²) in [7, 11) is 0. The van der Waals surface area contributed by atoms with Gasteiger partial charge in [-0.2, -0.15) is 5.26 Å². The molecule has 0 saturated heterocycles. The van der Waals surface area contributed by atoms with Gasteiger partial charge in [-0.3, -0.25) is 9.78 Å². The summed E-state index contributed by atoms with van der Waals surface area (Å²) in [6, 6.07) is 17.4. The van der Waals surface area contributed by atoms with E-state index in [0.29, 0.717) is 18.4 Å². The lowest BCUT2D eigenvalue weighted by Crippen LogP contribution is -2.17. The van der Waals surface area contributed by atoms with E-state index in [9.17, 15) is 15.2 Å². The van der Waals surface area contributed by atoms with Gasteiger partial charge in [0.15, 0.2) is 0 Å². The van der Waals surface area contributed by atoms with E-state index in [1.807, 2.05) is 42.5 Å². The molecule has 0 bridgehead atoms. The first-order valence-corrected chi connectivity index (χ1v) is 8.76. The van der Waals surface area contributed by atoms with Crippen molar-refractivity contribution in [1.29, 1.82) is 5.26 Å². The van der Waals surface area contributed by atoms with Crippen molar-refractivity contribution in [3.63, 3.8) is 0 Å². The van der Waals surface area contributed by atoms with Gasteiger partial charge in [0.05, 0.1) is 17.3 Å². The molecule has 0 radical (unpaired) electrons. The summed E-state index contributed by atoms with van der Waals surface area (Å²) in [6.07, 6.45) is 3.07. The van der Waals surface area contributed by atoms with Crippen LogP contribution in [0.15, 0.2) is 59.6 Å². The molecule has 0 atom stereocenters. The number of aromatic nitrogens is 1. The minimum atomic E-state index is -0.767. The van der Waals surface area contributed by atoms with E-state index >= 15 is 0 Å². The van der Waals surface area contributed by atoms with Crippen molar-refractivity contribution < 1.29 is 9.90 Å². The van der Waals surface area contributed by atoms with Crippen LogP contribution >= 0.6 is 11.8 Å². The second-order valence-corrected chi connectivity index (χ2v) is 7.50.